The lowest BCUT2D eigenvalue weighted by atomic mass is 10.4. The van der Waals surface area contributed by atoms with Crippen LogP contribution in [0.15, 0.2) is 6.20 Å². The van der Waals surface area contributed by atoms with E-state index in [1.165, 1.54) is 0 Å². The van der Waals surface area contributed by atoms with Gasteiger partial charge in [0, 0.05) is 12.8 Å². The first-order valence-electron chi connectivity index (χ1n) is 5.26. The number of nitrogens with zero attached hydrogens (tertiary/aromatic N) is 2. The third-order valence-corrected chi connectivity index (χ3v) is 1.93. The van der Waals surface area contributed by atoms with Gasteiger partial charge >= 0.3 is 5.97 Å². The molecule has 0 aliphatic rings. The van der Waals surface area contributed by atoms with Gasteiger partial charge in [-0.15, -0.1) is 0 Å². The second-order valence-electron chi connectivity index (χ2n) is 3.11. The molecule has 0 fully saturated rings. The fraction of sp³-hybridized carbons (Fsp3) is 0.600. The minimum absolute atomic E-state index is 0.165. The van der Waals surface area contributed by atoms with Gasteiger partial charge in [-0.25, -0.2) is 4.79 Å². The maximum absolute atomic E-state index is 11.4. The third kappa shape index (κ3) is 3.23. The van der Waals surface area contributed by atoms with Crippen LogP contribution >= 0.6 is 0 Å². The molecule has 0 aliphatic carbocycles. The Morgan fingerprint density at radius 1 is 1.50 bits per heavy atom. The van der Waals surface area contributed by atoms with Gasteiger partial charge in [0.2, 0.25) is 0 Å². The molecule has 6 nitrogen and oxygen atoms in total. The van der Waals surface area contributed by atoms with E-state index in [1.54, 1.807) is 17.8 Å². The fourth-order valence-electron chi connectivity index (χ4n) is 1.21. The normalized spacial score (nSPS) is 10.4. The summed E-state index contributed by atoms with van der Waals surface area (Å²) in [6.45, 7) is 5.73. The molecule has 0 bridgehead atoms. The smallest absolute Gasteiger partial charge is 0.361 e. The van der Waals surface area contributed by atoms with E-state index in [1.807, 2.05) is 6.92 Å². The minimum atomic E-state index is -0.491. The van der Waals surface area contributed by atoms with Gasteiger partial charge < -0.3 is 15.2 Å². The third-order valence-electron chi connectivity index (χ3n) is 1.93. The van der Waals surface area contributed by atoms with Crippen molar-refractivity contribution in [1.29, 1.82) is 0 Å². The molecule has 1 aromatic heterocycles. The van der Waals surface area contributed by atoms with Gasteiger partial charge in [0.25, 0.3) is 0 Å². The average Bonchev–Trinajstić information content (AvgIpc) is 2.61. The standard InChI is InChI=1S/C10H17N3O3/c1-3-15-6-5-13-7-8(11)9(12-13)10(14)16-4-2/h7H,3-6,11H2,1-2H3. The van der Waals surface area contributed by atoms with Gasteiger partial charge in [-0.1, -0.05) is 0 Å². The fourth-order valence-corrected chi connectivity index (χ4v) is 1.21. The Labute approximate surface area is 94.3 Å². The molecular weight excluding hydrogens is 210 g/mol. The van der Waals surface area contributed by atoms with Crippen LogP contribution in [0.3, 0.4) is 0 Å². The van der Waals surface area contributed by atoms with Crippen molar-refractivity contribution in [1.82, 2.24) is 9.78 Å². The summed E-state index contributed by atoms with van der Waals surface area (Å²) in [4.78, 5) is 11.4. The predicted molar refractivity (Wildman–Crippen MR) is 59.1 cm³/mol. The number of hydrogen-bond donors (Lipinski definition) is 1. The molecule has 90 valence electrons. The van der Waals surface area contributed by atoms with Crippen LogP contribution in [0.2, 0.25) is 0 Å². The lowest BCUT2D eigenvalue weighted by molar-refractivity contribution is 0.0519. The maximum atomic E-state index is 11.4. The van der Waals surface area contributed by atoms with Gasteiger partial charge in [-0.05, 0) is 13.8 Å². The Bertz CT molecular complexity index is 349. The highest BCUT2D eigenvalue weighted by Gasteiger charge is 2.15. The van der Waals surface area contributed by atoms with Crippen LogP contribution < -0.4 is 5.73 Å². The summed E-state index contributed by atoms with van der Waals surface area (Å²) < 4.78 is 11.6. The molecular formula is C10H17N3O3. The largest absolute Gasteiger partial charge is 0.461 e. The minimum Gasteiger partial charge on any atom is -0.461 e. The Balaban J connectivity index is 2.62. The molecule has 2 N–H and O–H groups in total. The van der Waals surface area contributed by atoms with E-state index in [-0.39, 0.29) is 5.69 Å². The Kier molecular flexibility index (Phi) is 4.78. The van der Waals surface area contributed by atoms with Crippen LogP contribution in [-0.2, 0) is 16.0 Å². The van der Waals surface area contributed by atoms with Crippen LogP contribution in [0, 0.1) is 0 Å². The van der Waals surface area contributed by atoms with Crippen LogP contribution in [-0.4, -0.2) is 35.6 Å². The number of aromatic nitrogens is 2. The molecule has 0 unspecified atom stereocenters. The van der Waals surface area contributed by atoms with Crippen LogP contribution in [0.5, 0.6) is 0 Å². The number of esters is 1. The number of rotatable bonds is 6. The first kappa shape index (κ1) is 12.5. The molecule has 1 aromatic rings. The van der Waals surface area contributed by atoms with Crippen LogP contribution in [0.25, 0.3) is 0 Å². The number of carbonyl (C=O) groups is 1. The maximum Gasteiger partial charge on any atom is 0.361 e. The van der Waals surface area contributed by atoms with Crippen molar-refractivity contribution >= 4 is 11.7 Å². The molecule has 0 spiro atoms. The van der Waals surface area contributed by atoms with E-state index in [0.717, 1.165) is 0 Å². The second-order valence-corrected chi connectivity index (χ2v) is 3.11. The predicted octanol–water partition coefficient (Wildman–Crippen LogP) is 0.678. The van der Waals surface area contributed by atoms with Gasteiger partial charge in [0.15, 0.2) is 5.69 Å². The lowest BCUT2D eigenvalue weighted by Crippen LogP contribution is -2.10. The van der Waals surface area contributed by atoms with Gasteiger partial charge in [0.1, 0.15) is 0 Å². The van der Waals surface area contributed by atoms with Crippen molar-refractivity contribution < 1.29 is 14.3 Å². The molecule has 1 rings (SSSR count). The average molecular weight is 227 g/mol. The molecule has 0 aromatic carbocycles. The molecule has 0 radical (unpaired) electrons. The molecule has 0 atom stereocenters. The molecule has 6 heteroatoms. The van der Waals surface area contributed by atoms with Gasteiger partial charge in [-0.3, -0.25) is 4.68 Å². The summed E-state index contributed by atoms with van der Waals surface area (Å²) in [5.41, 5.74) is 6.15. The molecule has 16 heavy (non-hydrogen) atoms. The first-order chi connectivity index (χ1) is 7.69. The summed E-state index contributed by atoms with van der Waals surface area (Å²) >= 11 is 0. The summed E-state index contributed by atoms with van der Waals surface area (Å²) in [6.07, 6.45) is 1.60. The molecule has 0 saturated carbocycles. The Hall–Kier alpha value is -1.56. The van der Waals surface area contributed by atoms with E-state index in [0.29, 0.717) is 32.1 Å². The number of nitrogens with two attached hydrogens (primary N) is 1. The number of hydrogen-bond acceptors (Lipinski definition) is 5. The van der Waals surface area contributed by atoms with E-state index < -0.39 is 5.97 Å². The first-order valence-corrected chi connectivity index (χ1v) is 5.26. The molecule has 0 saturated heterocycles. The zero-order valence-electron chi connectivity index (χ0n) is 9.60. The highest BCUT2D eigenvalue weighted by atomic mass is 16.5. The summed E-state index contributed by atoms with van der Waals surface area (Å²) in [6, 6.07) is 0. The van der Waals surface area contributed by atoms with Crippen LogP contribution in [0.1, 0.15) is 24.3 Å². The Morgan fingerprint density at radius 3 is 2.88 bits per heavy atom. The van der Waals surface area contributed by atoms with E-state index >= 15 is 0 Å². The van der Waals surface area contributed by atoms with Crippen molar-refractivity contribution in [3.63, 3.8) is 0 Å². The number of ether oxygens (including phenoxy) is 2. The van der Waals surface area contributed by atoms with Gasteiger partial charge in [-0.2, -0.15) is 5.10 Å². The highest BCUT2D eigenvalue weighted by Crippen LogP contribution is 2.10. The number of carbonyl (C=O) groups excluding carboxylic acids is 1. The summed E-state index contributed by atoms with van der Waals surface area (Å²) in [7, 11) is 0. The second kappa shape index (κ2) is 6.12. The summed E-state index contributed by atoms with van der Waals surface area (Å²) in [5, 5.41) is 4.04. The zero-order valence-corrected chi connectivity index (χ0v) is 9.60. The molecule has 0 amide bonds. The van der Waals surface area contributed by atoms with E-state index in [9.17, 15) is 4.79 Å². The van der Waals surface area contributed by atoms with Crippen molar-refractivity contribution in [2.45, 2.75) is 20.4 Å². The van der Waals surface area contributed by atoms with Crippen molar-refractivity contribution in [2.75, 3.05) is 25.6 Å². The van der Waals surface area contributed by atoms with Crippen molar-refractivity contribution in [3.05, 3.63) is 11.9 Å². The monoisotopic (exact) mass is 227 g/mol. The van der Waals surface area contributed by atoms with E-state index in [2.05, 4.69) is 5.10 Å². The Morgan fingerprint density at radius 2 is 2.25 bits per heavy atom. The highest BCUT2D eigenvalue weighted by molar-refractivity contribution is 5.92. The number of nitrogen functional groups attached to an aromatic ring is 1. The molecule has 0 aliphatic heterocycles. The number of anilines is 1. The zero-order chi connectivity index (χ0) is 12.0. The van der Waals surface area contributed by atoms with Crippen LogP contribution in [0.4, 0.5) is 5.69 Å². The topological polar surface area (TPSA) is 79.4 Å². The van der Waals surface area contributed by atoms with E-state index in [4.69, 9.17) is 15.2 Å². The van der Waals surface area contributed by atoms with Crippen molar-refractivity contribution in [3.8, 4) is 0 Å². The van der Waals surface area contributed by atoms with Crippen molar-refractivity contribution in [2.24, 2.45) is 0 Å². The quantitative estimate of drug-likeness (QED) is 0.571. The molecule has 1 heterocycles. The lowest BCUT2D eigenvalue weighted by Gasteiger charge is -2.01. The SMILES string of the molecule is CCOCCn1cc(N)c(C(=O)OCC)n1. The van der Waals surface area contributed by atoms with Gasteiger partial charge in [0.05, 0.1) is 25.4 Å². The summed E-state index contributed by atoms with van der Waals surface area (Å²) in [5.74, 6) is -0.491.